The van der Waals surface area contributed by atoms with Crippen molar-refractivity contribution in [1.82, 2.24) is 19.8 Å². The number of nitrogens with zero attached hydrogens (tertiary/aromatic N) is 2. The molecule has 0 saturated carbocycles. The SMILES string of the molecule is COc1cccc(-c2[nH]ncc2C(=O)NCCN(C)S(C)(=O)=O)c1. The maximum atomic E-state index is 12.3. The summed E-state index contributed by atoms with van der Waals surface area (Å²) in [7, 11) is -0.237. The summed E-state index contributed by atoms with van der Waals surface area (Å²) in [6, 6.07) is 7.25. The molecule has 9 heteroatoms. The zero-order valence-electron chi connectivity index (χ0n) is 13.7. The highest BCUT2D eigenvalue weighted by Crippen LogP contribution is 2.24. The Kier molecular flexibility index (Phi) is 5.58. The number of methoxy groups -OCH3 is 1. The minimum absolute atomic E-state index is 0.191. The molecule has 1 amide bonds. The van der Waals surface area contributed by atoms with E-state index in [-0.39, 0.29) is 19.0 Å². The first kappa shape index (κ1) is 18.0. The second-order valence-corrected chi connectivity index (χ2v) is 7.32. The number of hydrogen-bond donors (Lipinski definition) is 2. The molecule has 0 unspecified atom stereocenters. The topological polar surface area (TPSA) is 104 Å². The van der Waals surface area contributed by atoms with Crippen LogP contribution < -0.4 is 10.1 Å². The van der Waals surface area contributed by atoms with E-state index in [1.165, 1.54) is 17.5 Å². The van der Waals surface area contributed by atoms with Crippen LogP contribution in [0.1, 0.15) is 10.4 Å². The van der Waals surface area contributed by atoms with E-state index in [0.717, 1.165) is 11.8 Å². The highest BCUT2D eigenvalue weighted by Gasteiger charge is 2.16. The molecule has 2 N–H and O–H groups in total. The van der Waals surface area contributed by atoms with Crippen LogP contribution in [0.5, 0.6) is 5.75 Å². The maximum Gasteiger partial charge on any atom is 0.255 e. The number of likely N-dealkylation sites (N-methyl/N-ethyl adjacent to an activating group) is 1. The average molecular weight is 352 g/mol. The second-order valence-electron chi connectivity index (χ2n) is 5.23. The van der Waals surface area contributed by atoms with Crippen molar-refractivity contribution in [1.29, 1.82) is 0 Å². The number of nitrogens with one attached hydrogen (secondary N) is 2. The molecule has 8 nitrogen and oxygen atoms in total. The van der Waals surface area contributed by atoms with E-state index >= 15 is 0 Å². The van der Waals surface area contributed by atoms with Crippen LogP contribution in [-0.2, 0) is 10.0 Å². The number of aromatic nitrogens is 2. The predicted molar refractivity (Wildman–Crippen MR) is 90.4 cm³/mol. The molecule has 0 aliphatic carbocycles. The van der Waals surface area contributed by atoms with Gasteiger partial charge in [-0.15, -0.1) is 0 Å². The Morgan fingerprint density at radius 3 is 2.83 bits per heavy atom. The fourth-order valence-corrected chi connectivity index (χ4v) is 2.47. The Labute approximate surface area is 140 Å². The zero-order valence-corrected chi connectivity index (χ0v) is 14.6. The summed E-state index contributed by atoms with van der Waals surface area (Å²) < 4.78 is 29.0. The molecule has 24 heavy (non-hydrogen) atoms. The Bertz CT molecular complexity index is 816. The van der Waals surface area contributed by atoms with Crippen molar-refractivity contribution in [2.45, 2.75) is 0 Å². The fourth-order valence-electron chi connectivity index (χ4n) is 2.04. The van der Waals surface area contributed by atoms with Crippen LogP contribution in [0.15, 0.2) is 30.5 Å². The van der Waals surface area contributed by atoms with Crippen molar-refractivity contribution in [2.24, 2.45) is 0 Å². The summed E-state index contributed by atoms with van der Waals surface area (Å²) in [6.45, 7) is 0.391. The van der Waals surface area contributed by atoms with Crippen molar-refractivity contribution in [3.8, 4) is 17.0 Å². The van der Waals surface area contributed by atoms with Gasteiger partial charge in [0.25, 0.3) is 5.91 Å². The second kappa shape index (κ2) is 7.45. The summed E-state index contributed by atoms with van der Waals surface area (Å²) in [4.78, 5) is 12.3. The molecule has 0 aliphatic heterocycles. The lowest BCUT2D eigenvalue weighted by Gasteiger charge is -2.14. The average Bonchev–Trinajstić information content (AvgIpc) is 3.03. The molecule has 1 aromatic heterocycles. The van der Waals surface area contributed by atoms with Crippen LogP contribution in [0.2, 0.25) is 0 Å². The van der Waals surface area contributed by atoms with Gasteiger partial charge in [-0.25, -0.2) is 12.7 Å². The maximum absolute atomic E-state index is 12.3. The number of H-pyrrole nitrogens is 1. The van der Waals surface area contributed by atoms with E-state index in [1.807, 2.05) is 12.1 Å². The number of sulfonamides is 1. The van der Waals surface area contributed by atoms with Crippen molar-refractivity contribution in [3.63, 3.8) is 0 Å². The minimum atomic E-state index is -3.26. The first-order valence-electron chi connectivity index (χ1n) is 7.20. The van der Waals surface area contributed by atoms with Gasteiger partial charge in [-0.05, 0) is 12.1 Å². The molecule has 2 rings (SSSR count). The first-order valence-corrected chi connectivity index (χ1v) is 9.05. The van der Waals surface area contributed by atoms with Crippen molar-refractivity contribution >= 4 is 15.9 Å². The van der Waals surface area contributed by atoms with Gasteiger partial charge in [0, 0.05) is 25.7 Å². The van der Waals surface area contributed by atoms with Gasteiger partial charge in [0.2, 0.25) is 10.0 Å². The number of aromatic amines is 1. The summed E-state index contributed by atoms with van der Waals surface area (Å²) in [5, 5.41) is 9.42. The molecule has 0 aliphatic rings. The number of carbonyl (C=O) groups is 1. The van der Waals surface area contributed by atoms with E-state index in [0.29, 0.717) is 17.0 Å². The van der Waals surface area contributed by atoms with Crippen LogP contribution in [0.3, 0.4) is 0 Å². The summed E-state index contributed by atoms with van der Waals surface area (Å²) >= 11 is 0. The van der Waals surface area contributed by atoms with Gasteiger partial charge in [-0.2, -0.15) is 5.10 Å². The lowest BCUT2D eigenvalue weighted by Crippen LogP contribution is -2.35. The Hall–Kier alpha value is -2.39. The van der Waals surface area contributed by atoms with Crippen molar-refractivity contribution < 1.29 is 17.9 Å². The number of benzene rings is 1. The molecule has 0 atom stereocenters. The molecule has 130 valence electrons. The Morgan fingerprint density at radius 2 is 2.17 bits per heavy atom. The number of rotatable bonds is 7. The lowest BCUT2D eigenvalue weighted by molar-refractivity contribution is 0.0953. The van der Waals surface area contributed by atoms with E-state index in [4.69, 9.17) is 4.74 Å². The molecule has 0 spiro atoms. The predicted octanol–water partition coefficient (Wildman–Crippen LogP) is 0.706. The van der Waals surface area contributed by atoms with E-state index in [9.17, 15) is 13.2 Å². The molecule has 2 aromatic rings. The third kappa shape index (κ3) is 4.33. The summed E-state index contributed by atoms with van der Waals surface area (Å²) in [5.41, 5.74) is 1.72. The van der Waals surface area contributed by atoms with Gasteiger partial charge < -0.3 is 10.1 Å². The molecule has 0 fully saturated rings. The number of ether oxygens (including phenoxy) is 1. The normalized spacial score (nSPS) is 11.5. The molecular formula is C15H20N4O4S. The Balaban J connectivity index is 2.08. The van der Waals surface area contributed by atoms with Gasteiger partial charge >= 0.3 is 0 Å². The number of amides is 1. The lowest BCUT2D eigenvalue weighted by atomic mass is 10.1. The fraction of sp³-hybridized carbons (Fsp3) is 0.333. The smallest absolute Gasteiger partial charge is 0.255 e. The van der Waals surface area contributed by atoms with Gasteiger partial charge in [0.1, 0.15) is 5.75 Å². The van der Waals surface area contributed by atoms with Gasteiger partial charge in [-0.3, -0.25) is 9.89 Å². The minimum Gasteiger partial charge on any atom is -0.497 e. The van der Waals surface area contributed by atoms with Gasteiger partial charge in [0.15, 0.2) is 0 Å². The van der Waals surface area contributed by atoms with E-state index in [2.05, 4.69) is 15.5 Å². The molecule has 0 saturated heterocycles. The van der Waals surface area contributed by atoms with Crippen LogP contribution >= 0.6 is 0 Å². The molecular weight excluding hydrogens is 332 g/mol. The third-order valence-corrected chi connectivity index (χ3v) is 4.84. The molecule has 1 heterocycles. The standard InChI is InChI=1S/C15H20N4O4S/c1-19(24(3,21)22)8-7-16-15(20)13-10-17-18-14(13)11-5-4-6-12(9-11)23-2/h4-6,9-10H,7-8H2,1-3H3,(H,16,20)(H,17,18). The summed E-state index contributed by atoms with van der Waals surface area (Å²) in [6.07, 6.45) is 2.55. The number of carbonyl (C=O) groups excluding carboxylic acids is 1. The van der Waals surface area contributed by atoms with Crippen molar-refractivity contribution in [2.75, 3.05) is 33.5 Å². The highest BCUT2D eigenvalue weighted by atomic mass is 32.2. The first-order chi connectivity index (χ1) is 11.3. The summed E-state index contributed by atoms with van der Waals surface area (Å²) in [5.74, 6) is 0.340. The zero-order chi connectivity index (χ0) is 17.7. The largest absolute Gasteiger partial charge is 0.497 e. The molecule has 1 aromatic carbocycles. The highest BCUT2D eigenvalue weighted by molar-refractivity contribution is 7.88. The van der Waals surface area contributed by atoms with Crippen LogP contribution in [-0.4, -0.2) is 62.3 Å². The van der Waals surface area contributed by atoms with E-state index in [1.54, 1.807) is 19.2 Å². The quantitative estimate of drug-likeness (QED) is 0.763. The van der Waals surface area contributed by atoms with Gasteiger partial charge in [-0.1, -0.05) is 12.1 Å². The monoisotopic (exact) mass is 352 g/mol. The molecule has 0 radical (unpaired) electrons. The van der Waals surface area contributed by atoms with Gasteiger partial charge in [0.05, 0.1) is 30.8 Å². The molecule has 0 bridgehead atoms. The third-order valence-electron chi connectivity index (χ3n) is 3.52. The van der Waals surface area contributed by atoms with E-state index < -0.39 is 10.0 Å². The number of hydrogen-bond acceptors (Lipinski definition) is 5. The Morgan fingerprint density at radius 1 is 1.42 bits per heavy atom. The van der Waals surface area contributed by atoms with Crippen LogP contribution in [0.4, 0.5) is 0 Å². The van der Waals surface area contributed by atoms with Crippen LogP contribution in [0, 0.1) is 0 Å². The van der Waals surface area contributed by atoms with Crippen molar-refractivity contribution in [3.05, 3.63) is 36.0 Å². The van der Waals surface area contributed by atoms with Crippen LogP contribution in [0.25, 0.3) is 11.3 Å².